The van der Waals surface area contributed by atoms with Crippen molar-refractivity contribution >= 4 is 15.9 Å². The highest BCUT2D eigenvalue weighted by Gasteiger charge is 2.16. The van der Waals surface area contributed by atoms with Crippen LogP contribution in [0.1, 0.15) is 31.0 Å². The Morgan fingerprint density at radius 3 is 2.74 bits per heavy atom. The predicted molar refractivity (Wildman–Crippen MR) is 77.5 cm³/mol. The highest BCUT2D eigenvalue weighted by atomic mass is 79.9. The van der Waals surface area contributed by atoms with Crippen molar-refractivity contribution in [3.63, 3.8) is 0 Å². The molecule has 2 aromatic rings. The number of aromatic nitrogens is 2. The number of hydrogen-bond donors (Lipinski definition) is 1. The molecule has 1 heterocycles. The lowest BCUT2D eigenvalue weighted by Crippen LogP contribution is -2.21. The molecule has 0 fully saturated rings. The van der Waals surface area contributed by atoms with E-state index in [-0.39, 0.29) is 11.9 Å². The molecular formula is C14H17BrFN3. The van der Waals surface area contributed by atoms with E-state index >= 15 is 0 Å². The van der Waals surface area contributed by atoms with E-state index in [0.29, 0.717) is 4.47 Å². The molecule has 0 aliphatic rings. The van der Waals surface area contributed by atoms with E-state index in [2.05, 4.69) is 33.3 Å². The lowest BCUT2D eigenvalue weighted by Gasteiger charge is -2.17. The van der Waals surface area contributed by atoms with Gasteiger partial charge in [-0.3, -0.25) is 4.68 Å². The SMILES string of the molecule is CCNC(c1ccc(F)c(Br)c1)c1cnn(CC)c1. The molecule has 0 saturated carbocycles. The van der Waals surface area contributed by atoms with Crippen molar-refractivity contribution in [2.45, 2.75) is 26.4 Å². The smallest absolute Gasteiger partial charge is 0.137 e. The zero-order valence-corrected chi connectivity index (χ0v) is 12.6. The Hall–Kier alpha value is -1.20. The van der Waals surface area contributed by atoms with Gasteiger partial charge in [-0.25, -0.2) is 4.39 Å². The average Bonchev–Trinajstić information content (AvgIpc) is 2.88. The Kier molecular flexibility index (Phi) is 4.71. The van der Waals surface area contributed by atoms with E-state index in [1.165, 1.54) is 6.07 Å². The van der Waals surface area contributed by atoms with Crippen molar-refractivity contribution < 1.29 is 4.39 Å². The first-order valence-corrected chi connectivity index (χ1v) is 7.15. The molecule has 19 heavy (non-hydrogen) atoms. The van der Waals surface area contributed by atoms with Gasteiger partial charge in [-0.15, -0.1) is 0 Å². The predicted octanol–water partition coefficient (Wildman–Crippen LogP) is 3.50. The van der Waals surface area contributed by atoms with Gasteiger partial charge in [0.05, 0.1) is 16.7 Å². The molecule has 1 N–H and O–H groups in total. The van der Waals surface area contributed by atoms with Gasteiger partial charge in [-0.2, -0.15) is 5.10 Å². The molecule has 5 heteroatoms. The summed E-state index contributed by atoms with van der Waals surface area (Å²) in [7, 11) is 0. The van der Waals surface area contributed by atoms with Crippen LogP contribution in [0.25, 0.3) is 0 Å². The van der Waals surface area contributed by atoms with Crippen LogP contribution in [0.3, 0.4) is 0 Å². The summed E-state index contributed by atoms with van der Waals surface area (Å²) in [5.41, 5.74) is 2.10. The number of halogens is 2. The second-order valence-electron chi connectivity index (χ2n) is 4.29. The number of rotatable bonds is 5. The van der Waals surface area contributed by atoms with Crippen molar-refractivity contribution in [2.75, 3.05) is 6.54 Å². The summed E-state index contributed by atoms with van der Waals surface area (Å²) in [6, 6.07) is 5.12. The number of aryl methyl sites for hydroxylation is 1. The highest BCUT2D eigenvalue weighted by molar-refractivity contribution is 9.10. The van der Waals surface area contributed by atoms with E-state index in [4.69, 9.17) is 0 Å². The third kappa shape index (κ3) is 3.22. The maximum Gasteiger partial charge on any atom is 0.137 e. The van der Waals surface area contributed by atoms with E-state index in [1.807, 2.05) is 30.1 Å². The van der Waals surface area contributed by atoms with Crippen molar-refractivity contribution in [1.29, 1.82) is 0 Å². The molecule has 0 spiro atoms. The van der Waals surface area contributed by atoms with Crippen LogP contribution in [-0.2, 0) is 6.54 Å². The van der Waals surface area contributed by atoms with Crippen LogP contribution in [0.15, 0.2) is 35.1 Å². The first kappa shape index (κ1) is 14.2. The second-order valence-corrected chi connectivity index (χ2v) is 5.15. The molecule has 0 aliphatic heterocycles. The molecule has 2 rings (SSSR count). The molecular weight excluding hydrogens is 309 g/mol. The van der Waals surface area contributed by atoms with Crippen LogP contribution in [0, 0.1) is 5.82 Å². The molecule has 0 radical (unpaired) electrons. The Bertz CT molecular complexity index is 553. The molecule has 1 unspecified atom stereocenters. The van der Waals surface area contributed by atoms with Gasteiger partial charge in [-0.1, -0.05) is 13.0 Å². The third-order valence-electron chi connectivity index (χ3n) is 3.00. The quantitative estimate of drug-likeness (QED) is 0.911. The van der Waals surface area contributed by atoms with E-state index in [9.17, 15) is 4.39 Å². The molecule has 1 aromatic heterocycles. The summed E-state index contributed by atoms with van der Waals surface area (Å²) in [4.78, 5) is 0. The fourth-order valence-corrected chi connectivity index (χ4v) is 2.42. The number of nitrogens with one attached hydrogen (secondary N) is 1. The summed E-state index contributed by atoms with van der Waals surface area (Å²) < 4.78 is 15.7. The van der Waals surface area contributed by atoms with Crippen LogP contribution < -0.4 is 5.32 Å². The first-order chi connectivity index (χ1) is 9.15. The van der Waals surface area contributed by atoms with Crippen LogP contribution in [-0.4, -0.2) is 16.3 Å². The third-order valence-corrected chi connectivity index (χ3v) is 3.60. The van der Waals surface area contributed by atoms with E-state index < -0.39 is 0 Å². The molecule has 0 amide bonds. The Balaban J connectivity index is 2.35. The summed E-state index contributed by atoms with van der Waals surface area (Å²) >= 11 is 3.23. The minimum Gasteiger partial charge on any atom is -0.306 e. The summed E-state index contributed by atoms with van der Waals surface area (Å²) in [5.74, 6) is -0.247. The minimum atomic E-state index is -0.247. The summed E-state index contributed by atoms with van der Waals surface area (Å²) in [6.07, 6.45) is 3.87. The zero-order valence-electron chi connectivity index (χ0n) is 11.0. The average molecular weight is 326 g/mol. The van der Waals surface area contributed by atoms with Gasteiger partial charge in [0, 0.05) is 18.3 Å². The van der Waals surface area contributed by atoms with Gasteiger partial charge >= 0.3 is 0 Å². The number of benzene rings is 1. The standard InChI is InChI=1S/C14H17BrFN3/c1-3-17-14(11-8-18-19(4-2)9-11)10-5-6-13(16)12(15)7-10/h5-9,14,17H,3-4H2,1-2H3. The molecule has 0 saturated heterocycles. The first-order valence-electron chi connectivity index (χ1n) is 6.36. The van der Waals surface area contributed by atoms with Crippen LogP contribution in [0.5, 0.6) is 0 Å². The number of nitrogens with zero attached hydrogens (tertiary/aromatic N) is 2. The van der Waals surface area contributed by atoms with Crippen molar-refractivity contribution in [3.8, 4) is 0 Å². The van der Waals surface area contributed by atoms with Crippen molar-refractivity contribution in [2.24, 2.45) is 0 Å². The van der Waals surface area contributed by atoms with Crippen LogP contribution >= 0.6 is 15.9 Å². The Morgan fingerprint density at radius 2 is 2.16 bits per heavy atom. The van der Waals surface area contributed by atoms with Crippen LogP contribution in [0.4, 0.5) is 4.39 Å². The fraction of sp³-hybridized carbons (Fsp3) is 0.357. The Morgan fingerprint density at radius 1 is 1.37 bits per heavy atom. The molecule has 1 aromatic carbocycles. The monoisotopic (exact) mass is 325 g/mol. The maximum absolute atomic E-state index is 13.3. The molecule has 3 nitrogen and oxygen atoms in total. The Labute approximate surface area is 121 Å². The second kappa shape index (κ2) is 6.30. The van der Waals surface area contributed by atoms with Gasteiger partial charge in [0.15, 0.2) is 0 Å². The van der Waals surface area contributed by atoms with Crippen molar-refractivity contribution in [1.82, 2.24) is 15.1 Å². The summed E-state index contributed by atoms with van der Waals surface area (Å²) in [6.45, 7) is 5.77. The topological polar surface area (TPSA) is 29.9 Å². The van der Waals surface area contributed by atoms with Gasteiger partial charge in [0.25, 0.3) is 0 Å². The largest absolute Gasteiger partial charge is 0.306 e. The minimum absolute atomic E-state index is 0.0298. The molecule has 0 bridgehead atoms. The van der Waals surface area contributed by atoms with Crippen molar-refractivity contribution in [3.05, 3.63) is 52.0 Å². The number of hydrogen-bond acceptors (Lipinski definition) is 2. The normalized spacial score (nSPS) is 12.6. The lowest BCUT2D eigenvalue weighted by atomic mass is 10.0. The highest BCUT2D eigenvalue weighted by Crippen LogP contribution is 2.26. The zero-order chi connectivity index (χ0) is 13.8. The van der Waals surface area contributed by atoms with E-state index in [0.717, 1.165) is 24.2 Å². The molecule has 0 aliphatic carbocycles. The van der Waals surface area contributed by atoms with Crippen LogP contribution in [0.2, 0.25) is 0 Å². The summed E-state index contributed by atoms with van der Waals surface area (Å²) in [5, 5.41) is 7.70. The molecule has 1 atom stereocenters. The van der Waals surface area contributed by atoms with Gasteiger partial charge < -0.3 is 5.32 Å². The van der Waals surface area contributed by atoms with Gasteiger partial charge in [0.2, 0.25) is 0 Å². The molecule has 102 valence electrons. The maximum atomic E-state index is 13.3. The fourth-order valence-electron chi connectivity index (χ4n) is 2.03. The van der Waals surface area contributed by atoms with Gasteiger partial charge in [0.1, 0.15) is 5.82 Å². The lowest BCUT2D eigenvalue weighted by molar-refractivity contribution is 0.607. The van der Waals surface area contributed by atoms with E-state index in [1.54, 1.807) is 6.07 Å². The van der Waals surface area contributed by atoms with Gasteiger partial charge in [-0.05, 0) is 47.1 Å².